The van der Waals surface area contributed by atoms with E-state index in [0.717, 1.165) is 0 Å². The molecule has 0 aliphatic carbocycles. The van der Waals surface area contributed by atoms with Gasteiger partial charge in [0.15, 0.2) is 0 Å². The van der Waals surface area contributed by atoms with Crippen LogP contribution in [-0.2, 0) is 9.53 Å². The number of nitrogens with one attached hydrogen (secondary N) is 1. The molecule has 0 radical (unpaired) electrons. The fraction of sp³-hybridized carbons (Fsp3) is 0.308. The van der Waals surface area contributed by atoms with Crippen molar-refractivity contribution in [3.63, 3.8) is 0 Å². The van der Waals surface area contributed by atoms with Gasteiger partial charge in [0, 0.05) is 12.6 Å². The lowest BCUT2D eigenvalue weighted by Gasteiger charge is -2.13. The van der Waals surface area contributed by atoms with Gasteiger partial charge in [0.25, 0.3) is 0 Å². The van der Waals surface area contributed by atoms with Gasteiger partial charge in [-0.15, -0.1) is 0 Å². The maximum absolute atomic E-state index is 13.8. The molecular weight excluding hydrogens is 397 g/mol. The fourth-order valence-corrected chi connectivity index (χ4v) is 2.96. The monoisotopic (exact) mass is 409 g/mol. The summed E-state index contributed by atoms with van der Waals surface area (Å²) in [5, 5.41) is 2.86. The Labute approximate surface area is 133 Å². The van der Waals surface area contributed by atoms with Gasteiger partial charge in [0.2, 0.25) is 0 Å². The van der Waals surface area contributed by atoms with Crippen LogP contribution in [0, 0.1) is 5.82 Å². The predicted molar refractivity (Wildman–Crippen MR) is 82.6 cm³/mol. The molecule has 0 saturated carbocycles. The Bertz CT molecular complexity index is 521. The quantitative estimate of drug-likeness (QED) is 0.570. The van der Waals surface area contributed by atoms with Gasteiger partial charge in [0.1, 0.15) is 11.6 Å². The molecule has 110 valence electrons. The highest BCUT2D eigenvalue weighted by molar-refractivity contribution is 9.11. The molecule has 0 bridgehead atoms. The molecule has 0 heterocycles. The summed E-state index contributed by atoms with van der Waals surface area (Å²) in [6, 6.07) is 1.31. The Morgan fingerprint density at radius 2 is 2.20 bits per heavy atom. The summed E-state index contributed by atoms with van der Waals surface area (Å²) < 4.78 is 24.7. The van der Waals surface area contributed by atoms with E-state index in [1.165, 1.54) is 19.3 Å². The molecule has 0 saturated heterocycles. The highest BCUT2D eigenvalue weighted by atomic mass is 79.9. The molecule has 4 nitrogen and oxygen atoms in total. The fourth-order valence-electron chi connectivity index (χ4n) is 1.43. The van der Waals surface area contributed by atoms with Crippen molar-refractivity contribution in [1.82, 2.24) is 0 Å². The number of carbonyl (C=O) groups excluding carboxylic acids is 1. The maximum atomic E-state index is 13.8. The van der Waals surface area contributed by atoms with Crippen LogP contribution < -0.4 is 10.1 Å². The van der Waals surface area contributed by atoms with Crippen molar-refractivity contribution in [2.24, 2.45) is 0 Å². The molecule has 0 amide bonds. The van der Waals surface area contributed by atoms with Gasteiger partial charge >= 0.3 is 5.97 Å². The van der Waals surface area contributed by atoms with Gasteiger partial charge in [-0.3, -0.25) is 0 Å². The minimum Gasteiger partial charge on any atom is -0.494 e. The molecule has 0 aliphatic heterocycles. The van der Waals surface area contributed by atoms with Crippen LogP contribution in [0.3, 0.4) is 0 Å². The number of halogens is 3. The second-order valence-corrected chi connectivity index (χ2v) is 5.25. The van der Waals surface area contributed by atoms with Crippen LogP contribution in [0.4, 0.5) is 10.1 Å². The van der Waals surface area contributed by atoms with E-state index in [1.54, 1.807) is 13.0 Å². The topological polar surface area (TPSA) is 47.6 Å². The largest absolute Gasteiger partial charge is 0.494 e. The molecule has 1 aromatic rings. The van der Waals surface area contributed by atoms with E-state index >= 15 is 0 Å². The second-order valence-electron chi connectivity index (χ2n) is 3.60. The van der Waals surface area contributed by atoms with Crippen molar-refractivity contribution < 1.29 is 18.7 Å². The average Bonchev–Trinajstić information content (AvgIpc) is 2.38. The van der Waals surface area contributed by atoms with Gasteiger partial charge in [-0.25, -0.2) is 9.18 Å². The van der Waals surface area contributed by atoms with Crippen molar-refractivity contribution in [3.8, 4) is 5.75 Å². The normalized spacial score (nSPS) is 10.7. The molecule has 1 N–H and O–H groups in total. The van der Waals surface area contributed by atoms with Crippen LogP contribution in [0.5, 0.6) is 5.75 Å². The van der Waals surface area contributed by atoms with Crippen molar-refractivity contribution in [2.75, 3.05) is 25.6 Å². The van der Waals surface area contributed by atoms with Crippen molar-refractivity contribution >= 4 is 43.5 Å². The molecule has 0 fully saturated rings. The first-order valence-electron chi connectivity index (χ1n) is 5.79. The summed E-state index contributed by atoms with van der Waals surface area (Å²) in [6.07, 6.45) is 2.84. The Kier molecular flexibility index (Phi) is 7.01. The third-order valence-electron chi connectivity index (χ3n) is 2.27. The van der Waals surface area contributed by atoms with E-state index in [1.807, 2.05) is 0 Å². The van der Waals surface area contributed by atoms with Crippen molar-refractivity contribution in [3.05, 3.63) is 33.0 Å². The van der Waals surface area contributed by atoms with E-state index in [0.29, 0.717) is 21.3 Å². The zero-order chi connectivity index (χ0) is 15.1. The van der Waals surface area contributed by atoms with E-state index in [2.05, 4.69) is 37.2 Å². The SMILES string of the molecule is CCOC(=O)/C=C\CNc1c(F)cc(Br)c(OC)c1Br. The smallest absolute Gasteiger partial charge is 0.330 e. The van der Waals surface area contributed by atoms with Crippen LogP contribution in [0.25, 0.3) is 0 Å². The second kappa shape index (κ2) is 8.26. The van der Waals surface area contributed by atoms with Crippen LogP contribution in [0.2, 0.25) is 0 Å². The standard InChI is InChI=1S/C13H14Br2FNO3/c1-3-20-10(18)5-4-6-17-12-9(16)7-8(14)13(19-2)11(12)15/h4-5,7,17H,3,6H2,1-2H3/b5-4-. The lowest BCUT2D eigenvalue weighted by molar-refractivity contribution is -0.137. The zero-order valence-electron chi connectivity index (χ0n) is 11.0. The number of carbonyl (C=O) groups is 1. The summed E-state index contributed by atoms with van der Waals surface area (Å²) >= 11 is 6.49. The third-order valence-corrected chi connectivity index (χ3v) is 3.62. The molecule has 1 rings (SSSR count). The number of hydrogen-bond acceptors (Lipinski definition) is 4. The Balaban J connectivity index is 2.76. The zero-order valence-corrected chi connectivity index (χ0v) is 14.2. The van der Waals surface area contributed by atoms with Crippen LogP contribution >= 0.6 is 31.9 Å². The Morgan fingerprint density at radius 3 is 2.80 bits per heavy atom. The first-order valence-corrected chi connectivity index (χ1v) is 7.38. The first kappa shape index (κ1) is 17.0. The molecule has 0 spiro atoms. The summed E-state index contributed by atoms with van der Waals surface area (Å²) in [4.78, 5) is 11.1. The van der Waals surface area contributed by atoms with Crippen LogP contribution in [-0.4, -0.2) is 26.2 Å². The Hall–Kier alpha value is -1.08. The summed E-state index contributed by atoms with van der Waals surface area (Å²) in [7, 11) is 1.49. The summed E-state index contributed by atoms with van der Waals surface area (Å²) in [5.41, 5.74) is 0.263. The highest BCUT2D eigenvalue weighted by Gasteiger charge is 2.15. The number of benzene rings is 1. The number of ether oxygens (including phenoxy) is 2. The Morgan fingerprint density at radius 1 is 1.50 bits per heavy atom. The summed E-state index contributed by atoms with van der Waals surface area (Å²) in [6.45, 7) is 2.32. The molecule has 0 aromatic heterocycles. The van der Waals surface area contributed by atoms with Gasteiger partial charge < -0.3 is 14.8 Å². The molecule has 20 heavy (non-hydrogen) atoms. The van der Waals surface area contributed by atoms with Crippen molar-refractivity contribution in [2.45, 2.75) is 6.92 Å². The highest BCUT2D eigenvalue weighted by Crippen LogP contribution is 2.40. The third kappa shape index (κ3) is 4.49. The van der Waals surface area contributed by atoms with Gasteiger partial charge in [-0.05, 0) is 44.8 Å². The van der Waals surface area contributed by atoms with Crippen LogP contribution in [0.1, 0.15) is 6.92 Å². The van der Waals surface area contributed by atoms with Crippen LogP contribution in [0.15, 0.2) is 27.2 Å². The number of rotatable bonds is 6. The van der Waals surface area contributed by atoms with Gasteiger partial charge in [-0.2, -0.15) is 0 Å². The lowest BCUT2D eigenvalue weighted by Crippen LogP contribution is -2.05. The summed E-state index contributed by atoms with van der Waals surface area (Å²) in [5.74, 6) is -0.375. The maximum Gasteiger partial charge on any atom is 0.330 e. The number of hydrogen-bond donors (Lipinski definition) is 1. The first-order chi connectivity index (χ1) is 9.51. The molecule has 7 heteroatoms. The molecule has 0 unspecified atom stereocenters. The lowest BCUT2D eigenvalue weighted by atomic mass is 10.3. The molecular formula is C13H14Br2FNO3. The molecule has 1 aromatic carbocycles. The molecule has 0 atom stereocenters. The van der Waals surface area contributed by atoms with E-state index < -0.39 is 11.8 Å². The minimum absolute atomic E-state index is 0.263. The predicted octanol–water partition coefficient (Wildman–Crippen LogP) is 3.89. The number of esters is 1. The minimum atomic E-state index is -0.436. The molecule has 0 aliphatic rings. The number of methoxy groups -OCH3 is 1. The van der Waals surface area contributed by atoms with Crippen molar-refractivity contribution in [1.29, 1.82) is 0 Å². The van der Waals surface area contributed by atoms with E-state index in [-0.39, 0.29) is 12.2 Å². The van der Waals surface area contributed by atoms with Gasteiger partial charge in [0.05, 0.1) is 28.3 Å². The van der Waals surface area contributed by atoms with Gasteiger partial charge in [-0.1, -0.05) is 6.08 Å². The van der Waals surface area contributed by atoms with E-state index in [4.69, 9.17) is 9.47 Å². The van der Waals surface area contributed by atoms with E-state index in [9.17, 15) is 9.18 Å². The average molecular weight is 411 g/mol. The number of anilines is 1.